The predicted octanol–water partition coefficient (Wildman–Crippen LogP) is 2.48. The number of hydrogen-bond donors (Lipinski definition) is 1. The quantitative estimate of drug-likeness (QED) is 0.839. The number of para-hydroxylation sites is 1. The smallest absolute Gasteiger partial charge is 0.227 e. The molecule has 0 unspecified atom stereocenters. The van der Waals surface area contributed by atoms with Crippen LogP contribution in [0.5, 0.6) is 0 Å². The van der Waals surface area contributed by atoms with Gasteiger partial charge in [0.2, 0.25) is 5.91 Å². The van der Waals surface area contributed by atoms with E-state index in [0.29, 0.717) is 11.5 Å². The first-order valence-electron chi connectivity index (χ1n) is 5.41. The van der Waals surface area contributed by atoms with Gasteiger partial charge in [-0.1, -0.05) is 6.07 Å². The number of aromatic nitrogens is 1. The molecule has 4 heteroatoms. The first-order valence-corrected chi connectivity index (χ1v) is 5.41. The summed E-state index contributed by atoms with van der Waals surface area (Å²) >= 11 is 0. The maximum atomic E-state index is 11.7. The third-order valence-electron chi connectivity index (χ3n) is 2.73. The van der Waals surface area contributed by atoms with Crippen LogP contribution in [0.25, 0.3) is 11.1 Å². The fourth-order valence-electron chi connectivity index (χ4n) is 1.74. The van der Waals surface area contributed by atoms with Crippen LogP contribution in [-0.2, 0) is 4.79 Å². The fourth-order valence-corrected chi connectivity index (χ4v) is 1.74. The molecule has 4 nitrogen and oxygen atoms in total. The lowest BCUT2D eigenvalue weighted by Crippen LogP contribution is -2.13. The summed E-state index contributed by atoms with van der Waals surface area (Å²) in [5.41, 5.74) is 2.19. The number of benzene rings is 1. The molecular formula is C12H12N2O2. The van der Waals surface area contributed by atoms with Crippen LogP contribution in [0.3, 0.4) is 0 Å². The molecule has 1 saturated carbocycles. The Morgan fingerprint density at radius 2 is 2.31 bits per heavy atom. The van der Waals surface area contributed by atoms with Crippen molar-refractivity contribution in [3.8, 4) is 0 Å². The Bertz CT molecular complexity index is 555. The summed E-state index contributed by atoms with van der Waals surface area (Å²) < 4.78 is 5.40. The first-order chi connectivity index (χ1) is 7.74. The van der Waals surface area contributed by atoms with Gasteiger partial charge in [0.05, 0.1) is 5.69 Å². The molecule has 1 N–H and O–H groups in total. The summed E-state index contributed by atoms with van der Waals surface area (Å²) in [6.45, 7) is 1.80. The van der Waals surface area contributed by atoms with Crippen LogP contribution in [0.2, 0.25) is 0 Å². The van der Waals surface area contributed by atoms with E-state index in [2.05, 4.69) is 10.3 Å². The van der Waals surface area contributed by atoms with E-state index in [1.54, 1.807) is 6.92 Å². The van der Waals surface area contributed by atoms with Gasteiger partial charge in [-0.15, -0.1) is 0 Å². The van der Waals surface area contributed by atoms with Gasteiger partial charge in [-0.2, -0.15) is 0 Å². The van der Waals surface area contributed by atoms with Crippen LogP contribution in [-0.4, -0.2) is 10.9 Å². The van der Waals surface area contributed by atoms with Crippen molar-refractivity contribution in [2.75, 3.05) is 5.32 Å². The number of fused-ring (bicyclic) bond motifs is 1. The molecule has 0 spiro atoms. The maximum Gasteiger partial charge on any atom is 0.227 e. The van der Waals surface area contributed by atoms with Crippen LogP contribution in [0.4, 0.5) is 5.69 Å². The second kappa shape index (κ2) is 3.33. The van der Waals surface area contributed by atoms with Crippen LogP contribution < -0.4 is 5.32 Å². The molecule has 0 radical (unpaired) electrons. The third-order valence-corrected chi connectivity index (χ3v) is 2.73. The minimum Gasteiger partial charge on any atom is -0.441 e. The van der Waals surface area contributed by atoms with E-state index in [9.17, 15) is 4.79 Å². The first kappa shape index (κ1) is 9.39. The van der Waals surface area contributed by atoms with E-state index in [1.165, 1.54) is 0 Å². The molecule has 1 fully saturated rings. The Kier molecular flexibility index (Phi) is 1.96. The number of carbonyl (C=O) groups excluding carboxylic acids is 1. The number of rotatable bonds is 2. The van der Waals surface area contributed by atoms with Gasteiger partial charge in [-0.3, -0.25) is 4.79 Å². The van der Waals surface area contributed by atoms with Gasteiger partial charge >= 0.3 is 0 Å². The Hall–Kier alpha value is -1.84. The molecule has 1 aliphatic carbocycles. The number of nitrogens with one attached hydrogen (secondary N) is 1. The lowest BCUT2D eigenvalue weighted by molar-refractivity contribution is -0.117. The molecule has 1 heterocycles. The number of amides is 1. The van der Waals surface area contributed by atoms with Gasteiger partial charge in [-0.05, 0) is 25.0 Å². The number of aryl methyl sites for hydroxylation is 1. The molecule has 1 aromatic carbocycles. The second-order valence-electron chi connectivity index (χ2n) is 4.15. The van der Waals surface area contributed by atoms with Crippen LogP contribution in [0, 0.1) is 12.8 Å². The fraction of sp³-hybridized carbons (Fsp3) is 0.333. The topological polar surface area (TPSA) is 55.1 Å². The van der Waals surface area contributed by atoms with Crippen molar-refractivity contribution in [3.63, 3.8) is 0 Å². The van der Waals surface area contributed by atoms with Gasteiger partial charge in [0.15, 0.2) is 11.5 Å². The molecule has 3 rings (SSSR count). The highest BCUT2D eigenvalue weighted by Gasteiger charge is 2.30. The van der Waals surface area contributed by atoms with Crippen molar-refractivity contribution in [2.45, 2.75) is 19.8 Å². The summed E-state index contributed by atoms with van der Waals surface area (Å²) in [7, 11) is 0. The zero-order valence-electron chi connectivity index (χ0n) is 8.99. The van der Waals surface area contributed by atoms with Crippen molar-refractivity contribution in [1.29, 1.82) is 0 Å². The standard InChI is InChI=1S/C12H12N2O2/c1-7-13-11-9(3-2-4-10(11)16-7)14-12(15)8-5-6-8/h2-4,8H,5-6H2,1H3,(H,14,15). The van der Waals surface area contributed by atoms with Crippen molar-refractivity contribution < 1.29 is 9.21 Å². The van der Waals surface area contributed by atoms with E-state index in [-0.39, 0.29) is 11.8 Å². The van der Waals surface area contributed by atoms with Gasteiger partial charge in [0.1, 0.15) is 5.52 Å². The molecule has 2 aromatic rings. The predicted molar refractivity (Wildman–Crippen MR) is 60.1 cm³/mol. The molecule has 0 aliphatic heterocycles. The van der Waals surface area contributed by atoms with Gasteiger partial charge < -0.3 is 9.73 Å². The maximum absolute atomic E-state index is 11.7. The highest BCUT2D eigenvalue weighted by Crippen LogP contribution is 2.31. The van der Waals surface area contributed by atoms with Crippen molar-refractivity contribution in [2.24, 2.45) is 5.92 Å². The number of hydrogen-bond acceptors (Lipinski definition) is 3. The van der Waals surface area contributed by atoms with E-state index in [0.717, 1.165) is 24.0 Å². The largest absolute Gasteiger partial charge is 0.441 e. The Balaban J connectivity index is 1.98. The Morgan fingerprint density at radius 3 is 3.06 bits per heavy atom. The number of carbonyl (C=O) groups is 1. The van der Waals surface area contributed by atoms with Gasteiger partial charge in [0.25, 0.3) is 0 Å². The van der Waals surface area contributed by atoms with Crippen molar-refractivity contribution in [3.05, 3.63) is 24.1 Å². The summed E-state index contributed by atoms with van der Waals surface area (Å²) in [5, 5.41) is 2.90. The highest BCUT2D eigenvalue weighted by molar-refractivity contribution is 6.00. The number of oxazole rings is 1. The zero-order valence-corrected chi connectivity index (χ0v) is 8.99. The molecule has 1 aromatic heterocycles. The lowest BCUT2D eigenvalue weighted by Gasteiger charge is -2.03. The minimum atomic E-state index is 0.0909. The summed E-state index contributed by atoms with van der Waals surface area (Å²) in [5.74, 6) is 0.902. The lowest BCUT2D eigenvalue weighted by atomic mass is 10.2. The van der Waals surface area contributed by atoms with Crippen molar-refractivity contribution >= 4 is 22.7 Å². The van der Waals surface area contributed by atoms with Crippen LogP contribution in [0.15, 0.2) is 22.6 Å². The SMILES string of the molecule is Cc1nc2c(NC(=O)C3CC3)cccc2o1. The average Bonchev–Trinajstić information content (AvgIpc) is 3.01. The third kappa shape index (κ3) is 1.56. The highest BCUT2D eigenvalue weighted by atomic mass is 16.3. The van der Waals surface area contributed by atoms with E-state index in [4.69, 9.17) is 4.42 Å². The monoisotopic (exact) mass is 216 g/mol. The summed E-state index contributed by atoms with van der Waals surface area (Å²) in [6.07, 6.45) is 2.00. The van der Waals surface area contributed by atoms with E-state index >= 15 is 0 Å². The zero-order chi connectivity index (χ0) is 11.1. The Labute approximate surface area is 92.7 Å². The summed E-state index contributed by atoms with van der Waals surface area (Å²) in [6, 6.07) is 5.56. The number of anilines is 1. The average molecular weight is 216 g/mol. The minimum absolute atomic E-state index is 0.0909. The molecule has 1 aliphatic rings. The van der Waals surface area contributed by atoms with E-state index < -0.39 is 0 Å². The molecular weight excluding hydrogens is 204 g/mol. The van der Waals surface area contributed by atoms with E-state index in [1.807, 2.05) is 18.2 Å². The molecule has 82 valence electrons. The Morgan fingerprint density at radius 1 is 1.50 bits per heavy atom. The summed E-state index contributed by atoms with van der Waals surface area (Å²) in [4.78, 5) is 15.9. The molecule has 16 heavy (non-hydrogen) atoms. The van der Waals surface area contributed by atoms with Gasteiger partial charge in [0, 0.05) is 12.8 Å². The molecule has 0 bridgehead atoms. The van der Waals surface area contributed by atoms with Crippen LogP contribution >= 0.6 is 0 Å². The number of nitrogens with zero attached hydrogens (tertiary/aromatic N) is 1. The molecule has 1 amide bonds. The molecule has 0 saturated heterocycles. The molecule has 0 atom stereocenters. The van der Waals surface area contributed by atoms with Crippen LogP contribution in [0.1, 0.15) is 18.7 Å². The van der Waals surface area contributed by atoms with Gasteiger partial charge in [-0.25, -0.2) is 4.98 Å². The van der Waals surface area contributed by atoms with Crippen molar-refractivity contribution in [1.82, 2.24) is 4.98 Å². The second-order valence-corrected chi connectivity index (χ2v) is 4.15. The normalized spacial score (nSPS) is 15.3.